The summed E-state index contributed by atoms with van der Waals surface area (Å²) in [6, 6.07) is 11.5. The number of amides is 1. The summed E-state index contributed by atoms with van der Waals surface area (Å²) in [4.78, 5) is 16.4. The summed E-state index contributed by atoms with van der Waals surface area (Å²) in [5, 5.41) is 6.33. The van der Waals surface area contributed by atoms with Gasteiger partial charge in [0.2, 0.25) is 5.88 Å². The topological polar surface area (TPSA) is 63.2 Å². The number of piperidine rings is 1. The Balaban J connectivity index is 1.61. The van der Waals surface area contributed by atoms with Gasteiger partial charge in [-0.25, -0.2) is 4.98 Å². The van der Waals surface area contributed by atoms with Gasteiger partial charge in [-0.3, -0.25) is 4.79 Å². The number of hydrogen-bond acceptors (Lipinski definition) is 4. The fraction of sp³-hybridized carbons (Fsp3) is 0.368. The molecule has 1 fully saturated rings. The molecule has 1 aliphatic heterocycles. The zero-order valence-corrected chi connectivity index (χ0v) is 13.9. The molecule has 24 heavy (non-hydrogen) atoms. The minimum absolute atomic E-state index is 0.169. The number of benzene rings is 1. The number of ether oxygens (including phenoxy) is 1. The van der Waals surface area contributed by atoms with E-state index in [2.05, 4.69) is 27.8 Å². The third kappa shape index (κ3) is 4.11. The van der Waals surface area contributed by atoms with Crippen molar-refractivity contribution in [3.8, 4) is 5.88 Å². The van der Waals surface area contributed by atoms with E-state index in [1.165, 1.54) is 24.6 Å². The zero-order valence-electron chi connectivity index (χ0n) is 13.9. The predicted molar refractivity (Wildman–Crippen MR) is 94.6 cm³/mol. The van der Waals surface area contributed by atoms with Crippen LogP contribution in [0, 0.1) is 0 Å². The van der Waals surface area contributed by atoms with E-state index in [1.54, 1.807) is 12.1 Å². The molecule has 1 aromatic heterocycles. The van der Waals surface area contributed by atoms with Crippen molar-refractivity contribution in [2.75, 3.05) is 25.0 Å². The van der Waals surface area contributed by atoms with Crippen molar-refractivity contribution < 1.29 is 9.53 Å². The fourth-order valence-electron chi connectivity index (χ4n) is 2.93. The number of nitrogens with zero attached hydrogens (tertiary/aromatic N) is 1. The van der Waals surface area contributed by atoms with Crippen LogP contribution in [0.4, 0.5) is 5.69 Å². The largest absolute Gasteiger partial charge is 0.478 e. The number of rotatable bonds is 5. The Morgan fingerprint density at radius 3 is 2.75 bits per heavy atom. The van der Waals surface area contributed by atoms with Crippen LogP contribution in [-0.2, 0) is 0 Å². The smallest absolute Gasteiger partial charge is 0.257 e. The Hall–Kier alpha value is -2.40. The van der Waals surface area contributed by atoms with Gasteiger partial charge < -0.3 is 15.4 Å². The highest BCUT2D eigenvalue weighted by Gasteiger charge is 2.15. The molecule has 0 unspecified atom stereocenters. The van der Waals surface area contributed by atoms with Crippen molar-refractivity contribution >= 4 is 11.6 Å². The van der Waals surface area contributed by atoms with Gasteiger partial charge in [-0.2, -0.15) is 0 Å². The molecule has 2 aromatic rings. The van der Waals surface area contributed by atoms with Crippen LogP contribution in [0.15, 0.2) is 42.6 Å². The van der Waals surface area contributed by atoms with E-state index in [4.69, 9.17) is 4.74 Å². The molecule has 0 bridgehead atoms. The molecule has 1 saturated heterocycles. The lowest BCUT2D eigenvalue weighted by Crippen LogP contribution is -2.28. The van der Waals surface area contributed by atoms with Crippen LogP contribution in [0.2, 0.25) is 0 Å². The molecule has 2 N–H and O–H groups in total. The van der Waals surface area contributed by atoms with Crippen molar-refractivity contribution in [2.24, 2.45) is 0 Å². The van der Waals surface area contributed by atoms with Crippen LogP contribution in [0.3, 0.4) is 0 Å². The first-order valence-electron chi connectivity index (χ1n) is 8.47. The molecule has 2 heterocycles. The molecule has 0 spiro atoms. The molecule has 5 heteroatoms. The van der Waals surface area contributed by atoms with Crippen molar-refractivity contribution in [1.82, 2.24) is 10.3 Å². The number of carbonyl (C=O) groups excluding carboxylic acids is 1. The maximum absolute atomic E-state index is 12.3. The minimum atomic E-state index is -0.169. The summed E-state index contributed by atoms with van der Waals surface area (Å²) >= 11 is 0. The summed E-state index contributed by atoms with van der Waals surface area (Å²) in [5.41, 5.74) is 2.63. The van der Waals surface area contributed by atoms with Crippen molar-refractivity contribution in [3.63, 3.8) is 0 Å². The molecule has 1 aliphatic rings. The van der Waals surface area contributed by atoms with E-state index in [-0.39, 0.29) is 5.91 Å². The summed E-state index contributed by atoms with van der Waals surface area (Å²) in [7, 11) is 0. The Morgan fingerprint density at radius 1 is 1.29 bits per heavy atom. The second kappa shape index (κ2) is 7.93. The molecular formula is C19H23N3O2. The lowest BCUT2D eigenvalue weighted by molar-refractivity contribution is 0.102. The van der Waals surface area contributed by atoms with Crippen molar-refractivity contribution in [3.05, 3.63) is 53.7 Å². The first kappa shape index (κ1) is 16.5. The first-order chi connectivity index (χ1) is 11.8. The molecule has 1 atom stereocenters. The Labute approximate surface area is 142 Å². The standard InChI is InChI=1S/C19H23N3O2/c1-2-24-18-10-7-16(13-21-18)19(23)22-17-8-5-14(6-9-17)15-4-3-11-20-12-15/h5-10,13,15,20H,2-4,11-12H2,1H3,(H,22,23)/t15-/m1/s1. The van der Waals surface area contributed by atoms with Crippen LogP contribution in [-0.4, -0.2) is 30.6 Å². The summed E-state index contributed by atoms with van der Waals surface area (Å²) in [6.45, 7) is 4.60. The maximum Gasteiger partial charge on any atom is 0.257 e. The minimum Gasteiger partial charge on any atom is -0.478 e. The molecule has 0 aliphatic carbocycles. The number of aromatic nitrogens is 1. The quantitative estimate of drug-likeness (QED) is 0.886. The lowest BCUT2D eigenvalue weighted by Gasteiger charge is -2.23. The third-order valence-electron chi connectivity index (χ3n) is 4.23. The van der Waals surface area contributed by atoms with E-state index < -0.39 is 0 Å². The molecule has 0 radical (unpaired) electrons. The van der Waals surface area contributed by atoms with Crippen LogP contribution >= 0.6 is 0 Å². The van der Waals surface area contributed by atoms with Gasteiger partial charge in [0, 0.05) is 24.5 Å². The van der Waals surface area contributed by atoms with Crippen molar-refractivity contribution in [1.29, 1.82) is 0 Å². The summed E-state index contributed by atoms with van der Waals surface area (Å²) in [5.74, 6) is 0.927. The number of carbonyl (C=O) groups is 1. The van der Waals surface area contributed by atoms with E-state index in [0.717, 1.165) is 18.8 Å². The second-order valence-electron chi connectivity index (χ2n) is 5.94. The van der Waals surface area contributed by atoms with Crippen LogP contribution in [0.1, 0.15) is 41.6 Å². The lowest BCUT2D eigenvalue weighted by atomic mass is 9.92. The normalized spacial score (nSPS) is 17.3. The average molecular weight is 325 g/mol. The van der Waals surface area contributed by atoms with E-state index in [9.17, 15) is 4.79 Å². The highest BCUT2D eigenvalue weighted by atomic mass is 16.5. The SMILES string of the molecule is CCOc1ccc(C(=O)Nc2ccc([C@@H]3CCCNC3)cc2)cn1. The van der Waals surface area contributed by atoms with Gasteiger partial charge in [0.15, 0.2) is 0 Å². The maximum atomic E-state index is 12.3. The molecule has 0 saturated carbocycles. The highest BCUT2D eigenvalue weighted by molar-refractivity contribution is 6.04. The van der Waals surface area contributed by atoms with Gasteiger partial charge in [-0.05, 0) is 56.0 Å². The van der Waals surface area contributed by atoms with Crippen LogP contribution < -0.4 is 15.4 Å². The van der Waals surface area contributed by atoms with E-state index in [0.29, 0.717) is 24.0 Å². The number of hydrogen-bond donors (Lipinski definition) is 2. The van der Waals surface area contributed by atoms with Crippen LogP contribution in [0.25, 0.3) is 0 Å². The van der Waals surface area contributed by atoms with Gasteiger partial charge >= 0.3 is 0 Å². The molecular weight excluding hydrogens is 302 g/mol. The second-order valence-corrected chi connectivity index (χ2v) is 5.94. The zero-order chi connectivity index (χ0) is 16.8. The number of pyridine rings is 1. The Morgan fingerprint density at radius 2 is 2.12 bits per heavy atom. The Kier molecular flexibility index (Phi) is 5.43. The van der Waals surface area contributed by atoms with Gasteiger partial charge in [0.05, 0.1) is 12.2 Å². The van der Waals surface area contributed by atoms with Gasteiger partial charge in [-0.15, -0.1) is 0 Å². The van der Waals surface area contributed by atoms with E-state index in [1.807, 2.05) is 19.1 Å². The van der Waals surface area contributed by atoms with E-state index >= 15 is 0 Å². The molecule has 126 valence electrons. The first-order valence-corrected chi connectivity index (χ1v) is 8.47. The molecule has 3 rings (SSSR count). The number of anilines is 1. The molecule has 1 aromatic carbocycles. The van der Waals surface area contributed by atoms with Gasteiger partial charge in [0.1, 0.15) is 0 Å². The Bertz CT molecular complexity index is 662. The summed E-state index contributed by atoms with van der Waals surface area (Å²) in [6.07, 6.45) is 3.97. The van der Waals surface area contributed by atoms with Gasteiger partial charge in [-0.1, -0.05) is 12.1 Å². The fourth-order valence-corrected chi connectivity index (χ4v) is 2.93. The van der Waals surface area contributed by atoms with Crippen molar-refractivity contribution in [2.45, 2.75) is 25.7 Å². The monoisotopic (exact) mass is 325 g/mol. The van der Waals surface area contributed by atoms with Gasteiger partial charge in [0.25, 0.3) is 5.91 Å². The summed E-state index contributed by atoms with van der Waals surface area (Å²) < 4.78 is 5.28. The molecule has 5 nitrogen and oxygen atoms in total. The molecule has 1 amide bonds. The highest BCUT2D eigenvalue weighted by Crippen LogP contribution is 2.24. The predicted octanol–water partition coefficient (Wildman–Crippen LogP) is 3.20. The van der Waals surface area contributed by atoms with Crippen LogP contribution in [0.5, 0.6) is 5.88 Å². The average Bonchev–Trinajstić information content (AvgIpc) is 2.64. The number of nitrogens with one attached hydrogen (secondary N) is 2. The third-order valence-corrected chi connectivity index (χ3v) is 4.23.